The molecule has 0 aliphatic heterocycles. The summed E-state index contributed by atoms with van der Waals surface area (Å²) in [5.74, 6) is 2.53. The SMILES string of the molecule is CCOc1ccc(-c2nnc(CCc3ccc(C(C)(C)C)cc3)o2)cc1OCC. The Labute approximate surface area is 173 Å². The van der Waals surface area contributed by atoms with Crippen LogP contribution >= 0.6 is 0 Å². The van der Waals surface area contributed by atoms with Gasteiger partial charge in [-0.1, -0.05) is 45.0 Å². The normalized spacial score (nSPS) is 11.5. The topological polar surface area (TPSA) is 57.4 Å². The first-order valence-electron chi connectivity index (χ1n) is 10.2. The maximum absolute atomic E-state index is 5.88. The molecule has 1 aromatic heterocycles. The fraction of sp³-hybridized carbons (Fsp3) is 0.417. The van der Waals surface area contributed by atoms with E-state index in [1.54, 1.807) is 0 Å². The average molecular weight is 395 g/mol. The van der Waals surface area contributed by atoms with Crippen molar-refractivity contribution in [3.8, 4) is 23.0 Å². The molecule has 154 valence electrons. The van der Waals surface area contributed by atoms with Crippen molar-refractivity contribution in [3.63, 3.8) is 0 Å². The highest BCUT2D eigenvalue weighted by Crippen LogP contribution is 2.32. The van der Waals surface area contributed by atoms with Crippen LogP contribution in [0.5, 0.6) is 11.5 Å². The second-order valence-electron chi connectivity index (χ2n) is 7.98. The first-order valence-corrected chi connectivity index (χ1v) is 10.2. The highest BCUT2D eigenvalue weighted by Gasteiger charge is 2.14. The van der Waals surface area contributed by atoms with E-state index in [1.165, 1.54) is 11.1 Å². The molecule has 0 atom stereocenters. The van der Waals surface area contributed by atoms with Gasteiger partial charge >= 0.3 is 0 Å². The molecule has 0 aliphatic rings. The molecule has 0 radical (unpaired) electrons. The summed E-state index contributed by atoms with van der Waals surface area (Å²) in [4.78, 5) is 0. The third kappa shape index (κ3) is 5.37. The molecule has 0 saturated carbocycles. The van der Waals surface area contributed by atoms with Gasteiger partial charge in [0.15, 0.2) is 11.5 Å². The molecule has 0 unspecified atom stereocenters. The van der Waals surface area contributed by atoms with Gasteiger partial charge in [0, 0.05) is 12.0 Å². The Morgan fingerprint density at radius 1 is 0.828 bits per heavy atom. The van der Waals surface area contributed by atoms with Crippen LogP contribution in [0.25, 0.3) is 11.5 Å². The van der Waals surface area contributed by atoms with Gasteiger partial charge in [0.2, 0.25) is 11.8 Å². The zero-order valence-electron chi connectivity index (χ0n) is 18.0. The van der Waals surface area contributed by atoms with Gasteiger partial charge in [-0.05, 0) is 55.0 Å². The van der Waals surface area contributed by atoms with Crippen molar-refractivity contribution in [2.75, 3.05) is 13.2 Å². The smallest absolute Gasteiger partial charge is 0.247 e. The van der Waals surface area contributed by atoms with Crippen LogP contribution in [0.15, 0.2) is 46.9 Å². The van der Waals surface area contributed by atoms with Gasteiger partial charge in [0.1, 0.15) is 0 Å². The summed E-state index contributed by atoms with van der Waals surface area (Å²) in [5.41, 5.74) is 3.59. The van der Waals surface area contributed by atoms with Crippen LogP contribution in [0.3, 0.4) is 0 Å². The fourth-order valence-electron chi connectivity index (χ4n) is 3.08. The molecule has 5 heteroatoms. The number of rotatable bonds is 8. The molecule has 5 nitrogen and oxygen atoms in total. The summed E-state index contributed by atoms with van der Waals surface area (Å²) in [7, 11) is 0. The van der Waals surface area contributed by atoms with Crippen molar-refractivity contribution in [3.05, 3.63) is 59.5 Å². The van der Waals surface area contributed by atoms with Crippen molar-refractivity contribution in [2.45, 2.75) is 52.9 Å². The summed E-state index contributed by atoms with van der Waals surface area (Å²) >= 11 is 0. The minimum atomic E-state index is 0.165. The third-order valence-corrected chi connectivity index (χ3v) is 4.70. The molecule has 2 aromatic carbocycles. The van der Waals surface area contributed by atoms with Crippen LogP contribution < -0.4 is 9.47 Å². The highest BCUT2D eigenvalue weighted by molar-refractivity contribution is 5.59. The number of benzene rings is 2. The molecule has 29 heavy (non-hydrogen) atoms. The van der Waals surface area contributed by atoms with E-state index < -0.39 is 0 Å². The number of nitrogens with zero attached hydrogens (tertiary/aromatic N) is 2. The molecule has 0 bridgehead atoms. The summed E-state index contributed by atoms with van der Waals surface area (Å²) in [6, 6.07) is 14.4. The number of hydrogen-bond donors (Lipinski definition) is 0. The minimum Gasteiger partial charge on any atom is -0.490 e. The van der Waals surface area contributed by atoms with E-state index >= 15 is 0 Å². The molecule has 1 heterocycles. The van der Waals surface area contributed by atoms with E-state index in [9.17, 15) is 0 Å². The maximum atomic E-state index is 5.88. The van der Waals surface area contributed by atoms with E-state index in [0.29, 0.717) is 37.2 Å². The molecule has 0 N–H and O–H groups in total. The first-order chi connectivity index (χ1) is 13.9. The molecular weight excluding hydrogens is 364 g/mol. The van der Waals surface area contributed by atoms with Crippen LogP contribution in [0.2, 0.25) is 0 Å². The second-order valence-corrected chi connectivity index (χ2v) is 7.98. The lowest BCUT2D eigenvalue weighted by atomic mass is 9.86. The lowest BCUT2D eigenvalue weighted by Crippen LogP contribution is -2.10. The van der Waals surface area contributed by atoms with Crippen molar-refractivity contribution >= 4 is 0 Å². The van der Waals surface area contributed by atoms with Crippen molar-refractivity contribution in [1.29, 1.82) is 0 Å². The first kappa shape index (κ1) is 20.9. The summed E-state index contributed by atoms with van der Waals surface area (Å²) < 4.78 is 17.2. The molecular formula is C24H30N2O3. The Morgan fingerprint density at radius 2 is 1.52 bits per heavy atom. The highest BCUT2D eigenvalue weighted by atomic mass is 16.5. The van der Waals surface area contributed by atoms with E-state index in [0.717, 1.165) is 17.7 Å². The van der Waals surface area contributed by atoms with Crippen LogP contribution in [0.4, 0.5) is 0 Å². The van der Waals surface area contributed by atoms with Crippen LogP contribution in [0.1, 0.15) is 51.6 Å². The van der Waals surface area contributed by atoms with Gasteiger partial charge in [-0.15, -0.1) is 10.2 Å². The molecule has 3 rings (SSSR count). The van der Waals surface area contributed by atoms with E-state index in [2.05, 4.69) is 55.2 Å². The molecule has 0 fully saturated rings. The van der Waals surface area contributed by atoms with Gasteiger partial charge in [0.25, 0.3) is 0 Å². The average Bonchev–Trinajstić information content (AvgIpc) is 3.17. The largest absolute Gasteiger partial charge is 0.490 e. The third-order valence-electron chi connectivity index (χ3n) is 4.70. The van der Waals surface area contributed by atoms with E-state index in [1.807, 2.05) is 32.0 Å². The van der Waals surface area contributed by atoms with Gasteiger partial charge in [-0.2, -0.15) is 0 Å². The maximum Gasteiger partial charge on any atom is 0.247 e. The summed E-state index contributed by atoms with van der Waals surface area (Å²) in [5, 5.41) is 8.42. The fourth-order valence-corrected chi connectivity index (χ4v) is 3.08. The molecule has 0 saturated heterocycles. The quantitative estimate of drug-likeness (QED) is 0.496. The van der Waals surface area contributed by atoms with Crippen molar-refractivity contribution < 1.29 is 13.9 Å². The Kier molecular flexibility index (Phi) is 6.57. The number of hydrogen-bond acceptors (Lipinski definition) is 5. The Balaban J connectivity index is 1.68. The lowest BCUT2D eigenvalue weighted by molar-refractivity contribution is 0.288. The van der Waals surface area contributed by atoms with Gasteiger partial charge < -0.3 is 13.9 Å². The zero-order valence-corrected chi connectivity index (χ0v) is 18.0. The predicted octanol–water partition coefficient (Wildman–Crippen LogP) is 5.62. The standard InChI is InChI=1S/C24H30N2O3/c1-6-27-20-14-11-18(16-21(20)28-7-2)23-26-25-22(29-23)15-10-17-8-12-19(13-9-17)24(3,4)5/h8-9,11-14,16H,6-7,10,15H2,1-5H3. The zero-order chi connectivity index (χ0) is 20.9. The molecule has 0 spiro atoms. The molecule has 0 amide bonds. The Hall–Kier alpha value is -2.82. The van der Waals surface area contributed by atoms with Crippen molar-refractivity contribution in [2.24, 2.45) is 0 Å². The predicted molar refractivity (Wildman–Crippen MR) is 115 cm³/mol. The lowest BCUT2D eigenvalue weighted by Gasteiger charge is -2.19. The summed E-state index contributed by atoms with van der Waals surface area (Å²) in [6.07, 6.45) is 1.57. The van der Waals surface area contributed by atoms with Crippen LogP contribution in [-0.2, 0) is 18.3 Å². The monoisotopic (exact) mass is 394 g/mol. The van der Waals surface area contributed by atoms with Crippen LogP contribution in [-0.4, -0.2) is 23.4 Å². The van der Waals surface area contributed by atoms with Gasteiger partial charge in [0.05, 0.1) is 13.2 Å². The van der Waals surface area contributed by atoms with Crippen LogP contribution in [0, 0.1) is 0 Å². The second kappa shape index (κ2) is 9.12. The number of ether oxygens (including phenoxy) is 2. The Morgan fingerprint density at radius 3 is 2.17 bits per heavy atom. The van der Waals surface area contributed by atoms with E-state index in [4.69, 9.17) is 13.9 Å². The molecule has 3 aromatic rings. The van der Waals surface area contributed by atoms with Crippen molar-refractivity contribution in [1.82, 2.24) is 10.2 Å². The summed E-state index contributed by atoms with van der Waals surface area (Å²) in [6.45, 7) is 11.7. The number of aromatic nitrogens is 2. The van der Waals surface area contributed by atoms with E-state index in [-0.39, 0.29) is 5.41 Å². The van der Waals surface area contributed by atoms with Gasteiger partial charge in [-0.3, -0.25) is 0 Å². The van der Waals surface area contributed by atoms with Gasteiger partial charge in [-0.25, -0.2) is 0 Å². The number of aryl methyl sites for hydroxylation is 2. The molecule has 0 aliphatic carbocycles. The Bertz CT molecular complexity index is 924. The minimum absolute atomic E-state index is 0.165.